The molecule has 0 saturated carbocycles. The van der Waals surface area contributed by atoms with Gasteiger partial charge in [-0.05, 0) is 42.8 Å². The SMILES string of the molecule is Cc1nc(Cl)nc(N(C)c2ccc(S(=O)(=O)CCOS(=O)(=O)O)cc2)n1. The Bertz CT molecular complexity index is 976. The molecule has 0 unspecified atom stereocenters. The predicted octanol–water partition coefficient (Wildman–Crippen LogP) is 1.19. The van der Waals surface area contributed by atoms with E-state index in [9.17, 15) is 16.8 Å². The second kappa shape index (κ2) is 7.80. The van der Waals surface area contributed by atoms with Crippen molar-refractivity contribution in [2.24, 2.45) is 0 Å². The molecule has 142 valence electrons. The zero-order chi connectivity index (χ0) is 19.5. The van der Waals surface area contributed by atoms with E-state index in [1.807, 2.05) is 0 Å². The maximum Gasteiger partial charge on any atom is 0.397 e. The Labute approximate surface area is 155 Å². The second-order valence-corrected chi connectivity index (χ2v) is 8.61. The van der Waals surface area contributed by atoms with Crippen LogP contribution in [0.4, 0.5) is 11.6 Å². The lowest BCUT2D eigenvalue weighted by atomic mass is 10.3. The highest BCUT2D eigenvalue weighted by molar-refractivity contribution is 7.91. The van der Waals surface area contributed by atoms with Crippen LogP contribution in [0.15, 0.2) is 29.2 Å². The van der Waals surface area contributed by atoms with E-state index in [2.05, 4.69) is 19.1 Å². The van der Waals surface area contributed by atoms with E-state index in [0.29, 0.717) is 17.5 Å². The smallest absolute Gasteiger partial charge is 0.313 e. The van der Waals surface area contributed by atoms with Gasteiger partial charge in [-0.1, -0.05) is 0 Å². The summed E-state index contributed by atoms with van der Waals surface area (Å²) in [5.41, 5.74) is 0.597. The van der Waals surface area contributed by atoms with Crippen LogP contribution in [-0.2, 0) is 24.4 Å². The number of aromatic nitrogens is 3. The van der Waals surface area contributed by atoms with Crippen molar-refractivity contribution in [2.45, 2.75) is 11.8 Å². The van der Waals surface area contributed by atoms with Gasteiger partial charge < -0.3 is 4.90 Å². The van der Waals surface area contributed by atoms with Crippen molar-refractivity contribution in [3.8, 4) is 0 Å². The molecule has 0 amide bonds. The normalized spacial score (nSPS) is 12.2. The van der Waals surface area contributed by atoms with Gasteiger partial charge in [0.15, 0.2) is 9.84 Å². The van der Waals surface area contributed by atoms with E-state index in [1.54, 1.807) is 18.9 Å². The molecule has 0 spiro atoms. The molecule has 10 nitrogen and oxygen atoms in total. The monoisotopic (exact) mass is 422 g/mol. The molecule has 0 bridgehead atoms. The molecule has 1 N–H and O–H groups in total. The van der Waals surface area contributed by atoms with Crippen LogP contribution in [0.25, 0.3) is 0 Å². The van der Waals surface area contributed by atoms with Crippen molar-refractivity contribution < 1.29 is 25.6 Å². The number of benzene rings is 1. The molecule has 1 aromatic heterocycles. The van der Waals surface area contributed by atoms with Crippen molar-refractivity contribution in [2.75, 3.05) is 24.3 Å². The molecule has 0 aliphatic rings. The minimum atomic E-state index is -4.69. The summed E-state index contributed by atoms with van der Waals surface area (Å²) in [6, 6.07) is 5.77. The molecule has 0 saturated heterocycles. The number of anilines is 2. The first-order chi connectivity index (χ1) is 12.0. The third-order valence-electron chi connectivity index (χ3n) is 3.18. The largest absolute Gasteiger partial charge is 0.397 e. The van der Waals surface area contributed by atoms with Crippen molar-refractivity contribution in [1.29, 1.82) is 0 Å². The number of nitrogens with zero attached hydrogens (tertiary/aromatic N) is 4. The fraction of sp³-hybridized carbons (Fsp3) is 0.308. The summed E-state index contributed by atoms with van der Waals surface area (Å²) < 4.78 is 57.7. The molecule has 0 fully saturated rings. The van der Waals surface area contributed by atoms with Crippen LogP contribution >= 0.6 is 11.6 Å². The Morgan fingerprint density at radius 2 is 1.73 bits per heavy atom. The van der Waals surface area contributed by atoms with Crippen LogP contribution in [0.3, 0.4) is 0 Å². The van der Waals surface area contributed by atoms with Gasteiger partial charge in [0, 0.05) is 12.7 Å². The molecular weight excluding hydrogens is 408 g/mol. The van der Waals surface area contributed by atoms with Gasteiger partial charge in [-0.2, -0.15) is 18.4 Å². The third kappa shape index (κ3) is 5.57. The third-order valence-corrected chi connectivity index (χ3v) is 5.50. The summed E-state index contributed by atoms with van der Waals surface area (Å²) in [5.74, 6) is 0.120. The number of hydrogen-bond acceptors (Lipinski definition) is 9. The van der Waals surface area contributed by atoms with Gasteiger partial charge in [0.25, 0.3) is 0 Å². The predicted molar refractivity (Wildman–Crippen MR) is 93.6 cm³/mol. The molecule has 0 aliphatic heterocycles. The molecule has 2 aromatic rings. The minimum Gasteiger partial charge on any atom is -0.313 e. The molecule has 2 rings (SSSR count). The second-order valence-electron chi connectivity index (χ2n) is 5.07. The highest BCUT2D eigenvalue weighted by Crippen LogP contribution is 2.23. The van der Waals surface area contributed by atoms with Gasteiger partial charge in [0.1, 0.15) is 5.82 Å². The fourth-order valence-electron chi connectivity index (χ4n) is 1.95. The number of aryl methyl sites for hydroxylation is 1. The van der Waals surface area contributed by atoms with Crippen LogP contribution < -0.4 is 4.90 Å². The summed E-state index contributed by atoms with van der Waals surface area (Å²) >= 11 is 5.81. The molecule has 1 aromatic carbocycles. The zero-order valence-corrected chi connectivity index (χ0v) is 16.1. The van der Waals surface area contributed by atoms with E-state index in [1.165, 1.54) is 24.3 Å². The first-order valence-electron chi connectivity index (χ1n) is 7.04. The van der Waals surface area contributed by atoms with Crippen molar-refractivity contribution in [1.82, 2.24) is 15.0 Å². The summed E-state index contributed by atoms with van der Waals surface area (Å²) in [4.78, 5) is 13.6. The lowest BCUT2D eigenvalue weighted by molar-refractivity contribution is 0.284. The Balaban J connectivity index is 2.16. The highest BCUT2D eigenvalue weighted by Gasteiger charge is 2.17. The zero-order valence-electron chi connectivity index (χ0n) is 13.7. The van der Waals surface area contributed by atoms with E-state index < -0.39 is 32.6 Å². The van der Waals surface area contributed by atoms with Crippen LogP contribution in [0.1, 0.15) is 5.82 Å². The number of halogens is 1. The molecule has 0 aliphatic carbocycles. The molecule has 0 radical (unpaired) electrons. The maximum absolute atomic E-state index is 12.1. The number of sulfone groups is 1. The van der Waals surface area contributed by atoms with Crippen molar-refractivity contribution >= 4 is 43.5 Å². The van der Waals surface area contributed by atoms with E-state index in [4.69, 9.17) is 16.2 Å². The van der Waals surface area contributed by atoms with Crippen LogP contribution in [0, 0.1) is 6.92 Å². The molecule has 13 heteroatoms. The lowest BCUT2D eigenvalue weighted by Gasteiger charge is -2.17. The first kappa shape index (κ1) is 20.5. The first-order valence-corrected chi connectivity index (χ1v) is 10.4. The number of rotatable bonds is 7. The Hall–Kier alpha value is -1.86. The van der Waals surface area contributed by atoms with Gasteiger partial charge >= 0.3 is 10.4 Å². The van der Waals surface area contributed by atoms with Crippen LogP contribution in [0.2, 0.25) is 5.28 Å². The summed E-state index contributed by atoms with van der Waals surface area (Å²) in [6.07, 6.45) is 0. The van der Waals surface area contributed by atoms with Crippen LogP contribution in [-0.4, -0.2) is 55.7 Å². The van der Waals surface area contributed by atoms with Gasteiger partial charge in [-0.25, -0.2) is 17.6 Å². The maximum atomic E-state index is 12.1. The van der Waals surface area contributed by atoms with E-state index in [0.717, 1.165) is 0 Å². The summed E-state index contributed by atoms with van der Waals surface area (Å²) in [5, 5.41) is 0.0392. The van der Waals surface area contributed by atoms with E-state index >= 15 is 0 Å². The quantitative estimate of drug-likeness (QED) is 0.647. The van der Waals surface area contributed by atoms with Gasteiger partial charge in [0.2, 0.25) is 11.2 Å². The molecule has 26 heavy (non-hydrogen) atoms. The van der Waals surface area contributed by atoms with Gasteiger partial charge in [0.05, 0.1) is 17.3 Å². The van der Waals surface area contributed by atoms with Crippen molar-refractivity contribution in [3.63, 3.8) is 0 Å². The Morgan fingerprint density at radius 1 is 1.12 bits per heavy atom. The van der Waals surface area contributed by atoms with Crippen molar-refractivity contribution in [3.05, 3.63) is 35.4 Å². The van der Waals surface area contributed by atoms with Crippen LogP contribution in [0.5, 0.6) is 0 Å². The lowest BCUT2D eigenvalue weighted by Crippen LogP contribution is -2.16. The highest BCUT2D eigenvalue weighted by atomic mass is 35.5. The number of hydrogen-bond donors (Lipinski definition) is 1. The molecule has 0 atom stereocenters. The standard InChI is InChI=1S/C13H15ClN4O6S2/c1-9-15-12(14)17-13(16-9)18(2)10-3-5-11(6-4-10)25(19,20)8-7-24-26(21,22)23/h3-6H,7-8H2,1-2H3,(H,21,22,23). The average Bonchev–Trinajstić information content (AvgIpc) is 2.52. The average molecular weight is 423 g/mol. The van der Waals surface area contributed by atoms with E-state index in [-0.39, 0.29) is 10.2 Å². The topological polar surface area (TPSA) is 140 Å². The summed E-state index contributed by atoms with van der Waals surface area (Å²) in [6.45, 7) is 0.973. The van der Waals surface area contributed by atoms with Gasteiger partial charge in [-0.15, -0.1) is 0 Å². The summed E-state index contributed by atoms with van der Waals surface area (Å²) in [7, 11) is -6.79. The molecule has 1 heterocycles. The van der Waals surface area contributed by atoms with Gasteiger partial charge in [-0.3, -0.25) is 4.55 Å². The molecular formula is C13H15ClN4O6S2. The Kier molecular flexibility index (Phi) is 6.13. The fourth-order valence-corrected chi connectivity index (χ4v) is 3.63. The Morgan fingerprint density at radius 3 is 2.27 bits per heavy atom. The minimum absolute atomic E-state index is 0.0292.